The molecule has 2 atom stereocenters. The van der Waals surface area contributed by atoms with E-state index in [1.165, 1.54) is 28.3 Å². The van der Waals surface area contributed by atoms with Gasteiger partial charge in [0.25, 0.3) is 0 Å². The number of hydrogen-bond donors (Lipinski definition) is 1. The molecule has 0 fully saturated rings. The third-order valence-corrected chi connectivity index (χ3v) is 10.4. The van der Waals surface area contributed by atoms with Gasteiger partial charge in [0.2, 0.25) is 0 Å². The van der Waals surface area contributed by atoms with Crippen molar-refractivity contribution in [2.24, 2.45) is 5.92 Å². The van der Waals surface area contributed by atoms with Crippen LogP contribution in [-0.2, 0) is 57.3 Å². The average Bonchev–Trinajstić information content (AvgIpc) is 2.80. The summed E-state index contributed by atoms with van der Waals surface area (Å²) in [5, 5.41) is 9.88. The van der Waals surface area contributed by atoms with E-state index in [-0.39, 0.29) is 90.3 Å². The summed E-state index contributed by atoms with van der Waals surface area (Å²) in [4.78, 5) is 23.9. The van der Waals surface area contributed by atoms with E-state index in [9.17, 15) is 40.6 Å². The maximum atomic E-state index is 12.1. The SMILES string of the molecule is CO[Si](CCCOCC(O)COC(=O)CCSCC(C)C(=O)OC(CS(=O)(=O)[O-])CS(=O)(=O)[O-])(OC)OC.[Na+].[Na+]. The third kappa shape index (κ3) is 23.6. The molecule has 15 nitrogen and oxygen atoms in total. The van der Waals surface area contributed by atoms with Crippen LogP contribution in [-0.4, -0.2) is 128 Å². The number of thioether (sulfide) groups is 1. The van der Waals surface area contributed by atoms with Crippen LogP contribution >= 0.6 is 11.8 Å². The van der Waals surface area contributed by atoms with Gasteiger partial charge in [-0.15, -0.1) is 0 Å². The van der Waals surface area contributed by atoms with Crippen LogP contribution in [0, 0.1) is 5.92 Å². The minimum absolute atomic E-state index is 0. The van der Waals surface area contributed by atoms with E-state index in [1.54, 1.807) is 0 Å². The molecule has 0 rings (SSSR count). The Morgan fingerprint density at radius 1 is 0.950 bits per heavy atom. The van der Waals surface area contributed by atoms with Crippen LogP contribution < -0.4 is 59.1 Å². The Morgan fingerprint density at radius 3 is 1.95 bits per heavy atom. The van der Waals surface area contributed by atoms with Crippen molar-refractivity contribution in [3.05, 3.63) is 0 Å². The van der Waals surface area contributed by atoms with Gasteiger partial charge in [-0.3, -0.25) is 9.59 Å². The summed E-state index contributed by atoms with van der Waals surface area (Å²) in [6.07, 6.45) is -2.40. The zero-order valence-electron chi connectivity index (χ0n) is 23.7. The molecule has 0 saturated heterocycles. The molecule has 21 heteroatoms. The van der Waals surface area contributed by atoms with Crippen LogP contribution in [0.15, 0.2) is 0 Å². The number of carbonyl (C=O) groups is 2. The van der Waals surface area contributed by atoms with E-state index in [0.29, 0.717) is 19.1 Å². The standard InChI is InChI=1S/C19H38O15S3Si.2Na/c1-15(19(22)34-17(13-36(23,24)25)14-37(26,27)28)12-35-8-6-18(21)33-11-16(20)10-32-7-5-9-38(29-2,30-3)31-4;;/h15-17,20H,5-14H2,1-4H3,(H,23,24,25)(H,26,27,28);;/q;2*+1/p-2. The first-order chi connectivity index (χ1) is 17.6. The molecule has 2 unspecified atom stereocenters. The molecule has 1 N–H and O–H groups in total. The predicted molar refractivity (Wildman–Crippen MR) is 134 cm³/mol. The van der Waals surface area contributed by atoms with Gasteiger partial charge in [-0.1, -0.05) is 6.92 Å². The molecule has 0 aliphatic carbocycles. The molecular formula is C19H36Na2O15S3Si. The second kappa shape index (κ2) is 23.5. The molecule has 0 spiro atoms. The number of carbonyl (C=O) groups excluding carboxylic acids is 2. The molecule has 0 aliphatic heterocycles. The Labute approximate surface area is 285 Å². The van der Waals surface area contributed by atoms with Crippen molar-refractivity contribution >= 4 is 52.7 Å². The Kier molecular flexibility index (Phi) is 26.8. The van der Waals surface area contributed by atoms with Gasteiger partial charge in [0.15, 0.2) is 0 Å². The minimum atomic E-state index is -4.95. The van der Waals surface area contributed by atoms with Gasteiger partial charge < -0.3 is 41.7 Å². The van der Waals surface area contributed by atoms with Gasteiger partial charge in [0, 0.05) is 45.5 Å². The second-order valence-corrected chi connectivity index (χ2v) is 15.2. The Hall–Kier alpha value is 1.13. The normalized spacial score (nSPS) is 13.6. The van der Waals surface area contributed by atoms with Crippen LogP contribution in [0.25, 0.3) is 0 Å². The first kappa shape index (κ1) is 45.6. The minimum Gasteiger partial charge on any atom is -0.748 e. The van der Waals surface area contributed by atoms with Crippen molar-refractivity contribution in [3.8, 4) is 0 Å². The molecule has 0 aromatic rings. The van der Waals surface area contributed by atoms with Gasteiger partial charge in [0.05, 0.1) is 50.7 Å². The smallest absolute Gasteiger partial charge is 0.748 e. The molecule has 0 bridgehead atoms. The molecule has 0 saturated carbocycles. The molecule has 0 aromatic carbocycles. The molecule has 0 heterocycles. The van der Waals surface area contributed by atoms with Crippen molar-refractivity contribution in [1.29, 1.82) is 0 Å². The van der Waals surface area contributed by atoms with Gasteiger partial charge in [-0.05, 0) is 6.42 Å². The molecule has 0 radical (unpaired) electrons. The van der Waals surface area contributed by atoms with Crippen molar-refractivity contribution < 1.29 is 127 Å². The first-order valence-electron chi connectivity index (χ1n) is 11.3. The quantitative estimate of drug-likeness (QED) is 0.0487. The fourth-order valence-electron chi connectivity index (χ4n) is 2.81. The average molecular weight is 675 g/mol. The summed E-state index contributed by atoms with van der Waals surface area (Å²) in [5.74, 6) is -4.79. The van der Waals surface area contributed by atoms with Gasteiger partial charge in [-0.2, -0.15) is 11.8 Å². The van der Waals surface area contributed by atoms with E-state index in [2.05, 4.69) is 0 Å². The summed E-state index contributed by atoms with van der Waals surface area (Å²) < 4.78 is 96.1. The maximum Gasteiger partial charge on any atom is 1.00 e. The predicted octanol–water partition coefficient (Wildman–Crippen LogP) is -7.06. The van der Waals surface area contributed by atoms with E-state index in [0.717, 1.165) is 11.8 Å². The summed E-state index contributed by atoms with van der Waals surface area (Å²) in [6, 6.07) is 0.528. The number of hydrogen-bond acceptors (Lipinski definition) is 16. The largest absolute Gasteiger partial charge is 1.00 e. The van der Waals surface area contributed by atoms with Crippen LogP contribution in [0.2, 0.25) is 6.04 Å². The van der Waals surface area contributed by atoms with E-state index in [1.807, 2.05) is 0 Å². The fraction of sp³-hybridized carbons (Fsp3) is 0.895. The topological polar surface area (TPSA) is 224 Å². The summed E-state index contributed by atoms with van der Waals surface area (Å²) in [6.45, 7) is 1.39. The van der Waals surface area contributed by atoms with Crippen molar-refractivity contribution in [3.63, 3.8) is 0 Å². The molecular weight excluding hydrogens is 638 g/mol. The third-order valence-electron chi connectivity index (χ3n) is 4.74. The summed E-state index contributed by atoms with van der Waals surface area (Å²) >= 11 is 1.16. The van der Waals surface area contributed by atoms with Crippen LogP contribution in [0.1, 0.15) is 19.8 Å². The molecule has 0 aliphatic rings. The molecule has 40 heavy (non-hydrogen) atoms. The summed E-state index contributed by atoms with van der Waals surface area (Å²) in [7, 11) is -8.08. The Bertz CT molecular complexity index is 878. The van der Waals surface area contributed by atoms with Gasteiger partial charge in [-0.25, -0.2) is 16.8 Å². The Balaban J connectivity index is -0.00000684. The van der Waals surface area contributed by atoms with E-state index < -0.39 is 70.6 Å². The fourth-order valence-corrected chi connectivity index (χ4v) is 6.90. The molecule has 0 amide bonds. The first-order valence-corrected chi connectivity index (χ1v) is 17.5. The van der Waals surface area contributed by atoms with Gasteiger partial charge >= 0.3 is 79.9 Å². The van der Waals surface area contributed by atoms with Crippen molar-refractivity contribution in [2.75, 3.05) is 64.2 Å². The summed E-state index contributed by atoms with van der Waals surface area (Å²) in [5.41, 5.74) is 0. The second-order valence-electron chi connectivity index (χ2n) is 8.04. The molecule has 226 valence electrons. The number of aliphatic hydroxyl groups is 1. The molecule has 0 aromatic heterocycles. The number of aliphatic hydroxyl groups excluding tert-OH is 1. The van der Waals surface area contributed by atoms with Crippen molar-refractivity contribution in [1.82, 2.24) is 0 Å². The van der Waals surface area contributed by atoms with Crippen molar-refractivity contribution in [2.45, 2.75) is 38.0 Å². The number of ether oxygens (including phenoxy) is 3. The zero-order chi connectivity index (χ0) is 29.4. The monoisotopic (exact) mass is 674 g/mol. The van der Waals surface area contributed by atoms with Crippen LogP contribution in [0.4, 0.5) is 0 Å². The maximum absolute atomic E-state index is 12.1. The number of rotatable bonds is 22. The van der Waals surface area contributed by atoms with Crippen LogP contribution in [0.3, 0.4) is 0 Å². The van der Waals surface area contributed by atoms with Gasteiger partial charge in [0.1, 0.15) is 18.8 Å². The van der Waals surface area contributed by atoms with E-state index in [4.69, 9.17) is 27.5 Å². The number of esters is 2. The zero-order valence-corrected chi connectivity index (χ0v) is 31.1. The van der Waals surface area contributed by atoms with E-state index >= 15 is 0 Å². The Morgan fingerprint density at radius 2 is 1.48 bits per heavy atom. The van der Waals surface area contributed by atoms with Crippen LogP contribution in [0.5, 0.6) is 0 Å².